The molecule has 0 unspecified atom stereocenters. The quantitative estimate of drug-likeness (QED) is 0.528. The number of methoxy groups -OCH3 is 1. The molecule has 3 nitrogen and oxygen atoms in total. The van der Waals surface area contributed by atoms with E-state index in [2.05, 4.69) is 4.98 Å². The van der Waals surface area contributed by atoms with Crippen LogP contribution in [-0.2, 0) is 6.18 Å². The summed E-state index contributed by atoms with van der Waals surface area (Å²) in [5, 5.41) is 0.337. The van der Waals surface area contributed by atoms with E-state index >= 15 is 0 Å². The molecule has 3 aromatic rings. The Morgan fingerprint density at radius 2 is 1.84 bits per heavy atom. The molecule has 1 heterocycles. The van der Waals surface area contributed by atoms with E-state index in [0.29, 0.717) is 22.2 Å². The van der Waals surface area contributed by atoms with Crippen molar-refractivity contribution < 1.29 is 22.7 Å². The highest BCUT2D eigenvalue weighted by atomic mass is 19.4. The fourth-order valence-electron chi connectivity index (χ4n) is 2.57. The molecule has 0 aliphatic carbocycles. The number of hydrogen-bond acceptors (Lipinski definition) is 2. The second kappa shape index (κ2) is 6.47. The number of fused-ring (bicyclic) bond motifs is 1. The Hall–Kier alpha value is -3.02. The van der Waals surface area contributed by atoms with Crippen LogP contribution in [0.25, 0.3) is 17.0 Å². The normalized spacial score (nSPS) is 12.0. The molecular weight excluding hydrogens is 331 g/mol. The van der Waals surface area contributed by atoms with Crippen LogP contribution in [0.2, 0.25) is 0 Å². The first kappa shape index (κ1) is 16.8. The van der Waals surface area contributed by atoms with Crippen molar-refractivity contribution in [2.75, 3.05) is 7.11 Å². The average molecular weight is 345 g/mol. The van der Waals surface area contributed by atoms with Crippen molar-refractivity contribution in [3.8, 4) is 5.75 Å². The van der Waals surface area contributed by atoms with Crippen LogP contribution in [0.5, 0.6) is 5.75 Å². The number of ketones is 1. The second-order valence-electron chi connectivity index (χ2n) is 5.39. The first-order chi connectivity index (χ1) is 11.9. The van der Waals surface area contributed by atoms with Crippen LogP contribution >= 0.6 is 0 Å². The standard InChI is InChI=1S/C19H14F3NO2/c1-25-13-7-9-16-15(11-13)14(18(23-16)19(20,21)22)8-10-17(24)12-5-3-2-4-6-12/h2-11,23H,1H3/b10-8+. The lowest BCUT2D eigenvalue weighted by molar-refractivity contribution is -0.140. The Bertz CT molecular complexity index is 940. The van der Waals surface area contributed by atoms with E-state index in [1.165, 1.54) is 25.3 Å². The summed E-state index contributed by atoms with van der Waals surface area (Å²) in [5.41, 5.74) is -0.261. The molecule has 0 saturated heterocycles. The molecule has 6 heteroatoms. The number of allylic oxidation sites excluding steroid dienone is 1. The zero-order valence-corrected chi connectivity index (χ0v) is 13.2. The Labute approximate surface area is 141 Å². The van der Waals surface area contributed by atoms with Crippen molar-refractivity contribution in [1.82, 2.24) is 4.98 Å². The number of ether oxygens (including phenoxy) is 1. The third-order valence-corrected chi connectivity index (χ3v) is 3.79. The molecule has 128 valence electrons. The maximum atomic E-state index is 13.3. The molecule has 0 saturated carbocycles. The maximum Gasteiger partial charge on any atom is 0.431 e. The zero-order valence-electron chi connectivity index (χ0n) is 13.2. The summed E-state index contributed by atoms with van der Waals surface area (Å²) in [6, 6.07) is 13.0. The summed E-state index contributed by atoms with van der Waals surface area (Å²) in [6.07, 6.45) is -2.23. The van der Waals surface area contributed by atoms with Crippen LogP contribution in [0.15, 0.2) is 54.6 Å². The number of carbonyl (C=O) groups excluding carboxylic acids is 1. The monoisotopic (exact) mass is 345 g/mol. The highest BCUT2D eigenvalue weighted by molar-refractivity contribution is 6.08. The van der Waals surface area contributed by atoms with Gasteiger partial charge >= 0.3 is 6.18 Å². The summed E-state index contributed by atoms with van der Waals surface area (Å²) in [7, 11) is 1.44. The summed E-state index contributed by atoms with van der Waals surface area (Å²) in [5.74, 6) is 0.0650. The Morgan fingerprint density at radius 3 is 2.48 bits per heavy atom. The van der Waals surface area contributed by atoms with Crippen molar-refractivity contribution in [2.45, 2.75) is 6.18 Å². The fourth-order valence-corrected chi connectivity index (χ4v) is 2.57. The number of aromatic amines is 1. The first-order valence-electron chi connectivity index (χ1n) is 7.44. The van der Waals surface area contributed by atoms with Gasteiger partial charge in [0.25, 0.3) is 0 Å². The molecule has 0 radical (unpaired) electrons. The van der Waals surface area contributed by atoms with Gasteiger partial charge in [0.15, 0.2) is 5.78 Å². The Kier molecular flexibility index (Phi) is 4.35. The summed E-state index contributed by atoms with van der Waals surface area (Å²) in [6.45, 7) is 0. The molecule has 2 aromatic carbocycles. The summed E-state index contributed by atoms with van der Waals surface area (Å²) in [4.78, 5) is 14.5. The largest absolute Gasteiger partial charge is 0.497 e. The minimum atomic E-state index is -4.57. The van der Waals surface area contributed by atoms with Gasteiger partial charge in [-0.1, -0.05) is 30.3 Å². The smallest absolute Gasteiger partial charge is 0.431 e. The Balaban J connectivity index is 2.09. The number of carbonyl (C=O) groups is 1. The van der Waals surface area contributed by atoms with Gasteiger partial charge in [0, 0.05) is 22.0 Å². The van der Waals surface area contributed by atoms with Crippen LogP contribution < -0.4 is 4.74 Å². The minimum absolute atomic E-state index is 0.0920. The maximum absolute atomic E-state index is 13.3. The summed E-state index contributed by atoms with van der Waals surface area (Å²) >= 11 is 0. The lowest BCUT2D eigenvalue weighted by Crippen LogP contribution is -2.07. The molecule has 0 aliphatic heterocycles. The van der Waals surface area contributed by atoms with E-state index in [4.69, 9.17) is 4.74 Å². The van der Waals surface area contributed by atoms with Gasteiger partial charge in [0.05, 0.1) is 7.11 Å². The molecule has 0 bridgehead atoms. The average Bonchev–Trinajstić information content (AvgIpc) is 2.98. The van der Waals surface area contributed by atoms with Crippen LogP contribution in [-0.4, -0.2) is 17.9 Å². The molecule has 0 fully saturated rings. The van der Waals surface area contributed by atoms with Crippen LogP contribution in [0, 0.1) is 0 Å². The van der Waals surface area contributed by atoms with E-state index in [1.807, 2.05) is 0 Å². The molecule has 0 atom stereocenters. The molecule has 25 heavy (non-hydrogen) atoms. The SMILES string of the molecule is COc1ccc2[nH]c(C(F)(F)F)c(/C=C/C(=O)c3ccccc3)c2c1. The van der Waals surface area contributed by atoms with E-state index in [0.717, 1.165) is 6.08 Å². The van der Waals surface area contributed by atoms with Gasteiger partial charge < -0.3 is 9.72 Å². The molecular formula is C19H14F3NO2. The molecule has 0 aliphatic rings. The van der Waals surface area contributed by atoms with Crippen LogP contribution in [0.1, 0.15) is 21.6 Å². The number of alkyl halides is 3. The second-order valence-corrected chi connectivity index (χ2v) is 5.39. The third kappa shape index (κ3) is 3.42. The highest BCUT2D eigenvalue weighted by Crippen LogP contribution is 2.37. The van der Waals surface area contributed by atoms with Crippen molar-refractivity contribution in [3.05, 3.63) is 71.4 Å². The number of benzene rings is 2. The molecule has 0 spiro atoms. The van der Waals surface area contributed by atoms with Crippen molar-refractivity contribution >= 4 is 22.8 Å². The van der Waals surface area contributed by atoms with Gasteiger partial charge in [0.1, 0.15) is 11.4 Å². The van der Waals surface area contributed by atoms with Crippen molar-refractivity contribution in [2.24, 2.45) is 0 Å². The van der Waals surface area contributed by atoms with Gasteiger partial charge in [-0.15, -0.1) is 0 Å². The predicted molar refractivity (Wildman–Crippen MR) is 89.7 cm³/mol. The van der Waals surface area contributed by atoms with E-state index in [-0.39, 0.29) is 11.3 Å². The Morgan fingerprint density at radius 1 is 1.12 bits per heavy atom. The topological polar surface area (TPSA) is 42.1 Å². The highest BCUT2D eigenvalue weighted by Gasteiger charge is 2.35. The van der Waals surface area contributed by atoms with Crippen LogP contribution in [0.3, 0.4) is 0 Å². The number of halogens is 3. The van der Waals surface area contributed by atoms with Gasteiger partial charge in [0.2, 0.25) is 0 Å². The number of H-pyrrole nitrogens is 1. The van der Waals surface area contributed by atoms with Gasteiger partial charge in [-0.3, -0.25) is 4.79 Å². The zero-order chi connectivity index (χ0) is 18.0. The first-order valence-corrected chi connectivity index (χ1v) is 7.44. The number of nitrogens with one attached hydrogen (secondary N) is 1. The predicted octanol–water partition coefficient (Wildman–Crippen LogP) is 5.09. The number of aromatic nitrogens is 1. The van der Waals surface area contributed by atoms with Crippen LogP contribution in [0.4, 0.5) is 13.2 Å². The number of hydrogen-bond donors (Lipinski definition) is 1. The molecule has 1 aromatic heterocycles. The van der Waals surface area contributed by atoms with E-state index < -0.39 is 11.9 Å². The lowest BCUT2D eigenvalue weighted by atomic mass is 10.1. The summed E-state index contributed by atoms with van der Waals surface area (Å²) < 4.78 is 45.1. The third-order valence-electron chi connectivity index (χ3n) is 3.79. The van der Waals surface area contributed by atoms with Gasteiger partial charge in [-0.2, -0.15) is 13.2 Å². The van der Waals surface area contributed by atoms with Crippen molar-refractivity contribution in [1.29, 1.82) is 0 Å². The molecule has 1 N–H and O–H groups in total. The van der Waals surface area contributed by atoms with Crippen molar-refractivity contribution in [3.63, 3.8) is 0 Å². The lowest BCUT2D eigenvalue weighted by Gasteiger charge is -2.05. The van der Waals surface area contributed by atoms with Gasteiger partial charge in [-0.25, -0.2) is 0 Å². The van der Waals surface area contributed by atoms with E-state index in [1.54, 1.807) is 36.4 Å². The minimum Gasteiger partial charge on any atom is -0.497 e. The fraction of sp³-hybridized carbons (Fsp3) is 0.105. The van der Waals surface area contributed by atoms with E-state index in [9.17, 15) is 18.0 Å². The molecule has 0 amide bonds. The van der Waals surface area contributed by atoms with Gasteiger partial charge in [-0.05, 0) is 30.4 Å². The molecule has 3 rings (SSSR count). The number of rotatable bonds is 4.